The third kappa shape index (κ3) is 6.39. The number of aryl methyl sites for hydroxylation is 1. The van der Waals surface area contributed by atoms with E-state index in [2.05, 4.69) is 10.3 Å². The van der Waals surface area contributed by atoms with Gasteiger partial charge >= 0.3 is 6.18 Å². The van der Waals surface area contributed by atoms with E-state index in [4.69, 9.17) is 4.42 Å². The Hall–Kier alpha value is -3.92. The lowest BCUT2D eigenvalue weighted by Crippen LogP contribution is -2.38. The summed E-state index contributed by atoms with van der Waals surface area (Å²) in [6.45, 7) is 1.26. The number of carbonyl (C=O) groups is 2. The summed E-state index contributed by atoms with van der Waals surface area (Å²) in [5.41, 5.74) is 0.737. The normalized spacial score (nSPS) is 14.4. The van der Waals surface area contributed by atoms with Crippen LogP contribution in [0.4, 0.5) is 18.9 Å². The molecular formula is C29H26F3N3O3S. The molecule has 0 atom stereocenters. The average Bonchev–Trinajstić information content (AvgIpc) is 3.65. The Labute approximate surface area is 227 Å². The highest BCUT2D eigenvalue weighted by atomic mass is 32.1. The maximum Gasteiger partial charge on any atom is 0.416 e. The molecule has 2 amide bonds. The number of hydrogen-bond donors (Lipinski definition) is 1. The van der Waals surface area contributed by atoms with Crippen molar-refractivity contribution < 1.29 is 27.2 Å². The zero-order valence-electron chi connectivity index (χ0n) is 20.9. The molecule has 0 unspecified atom stereocenters. The van der Waals surface area contributed by atoms with Gasteiger partial charge < -0.3 is 14.6 Å². The molecule has 1 fully saturated rings. The summed E-state index contributed by atoms with van der Waals surface area (Å²) in [4.78, 5) is 32.0. The van der Waals surface area contributed by atoms with Gasteiger partial charge in [-0.2, -0.15) is 13.2 Å². The molecule has 4 aromatic rings. The molecule has 1 aliphatic rings. The molecule has 1 N–H and O–H groups in total. The number of alkyl halides is 3. The van der Waals surface area contributed by atoms with Crippen LogP contribution in [0.5, 0.6) is 0 Å². The van der Waals surface area contributed by atoms with E-state index in [1.165, 1.54) is 17.4 Å². The topological polar surface area (TPSA) is 75.4 Å². The van der Waals surface area contributed by atoms with Crippen LogP contribution in [0, 0.1) is 0 Å². The SMILES string of the molecule is O=C(Nc1ccccc1-c1cccc(C(F)(F)F)c1)c1csc(C2CCN(C(=O)CCc3ccco3)CC2)n1. The number of nitrogens with zero attached hydrogens (tertiary/aromatic N) is 2. The van der Waals surface area contributed by atoms with Crippen molar-refractivity contribution in [3.05, 3.63) is 94.3 Å². The Morgan fingerprint density at radius 3 is 2.59 bits per heavy atom. The molecule has 202 valence electrons. The fourth-order valence-corrected chi connectivity index (χ4v) is 5.66. The lowest BCUT2D eigenvalue weighted by molar-refractivity contribution is -0.137. The van der Waals surface area contributed by atoms with Gasteiger partial charge in [0, 0.05) is 48.5 Å². The van der Waals surface area contributed by atoms with E-state index in [-0.39, 0.29) is 17.5 Å². The zero-order chi connectivity index (χ0) is 27.4. The number of thiazole rings is 1. The quantitative estimate of drug-likeness (QED) is 0.267. The largest absolute Gasteiger partial charge is 0.469 e. The van der Waals surface area contributed by atoms with Gasteiger partial charge in [0.25, 0.3) is 5.91 Å². The van der Waals surface area contributed by atoms with Crippen LogP contribution in [-0.2, 0) is 17.4 Å². The van der Waals surface area contributed by atoms with Gasteiger partial charge in [-0.15, -0.1) is 11.3 Å². The van der Waals surface area contributed by atoms with E-state index >= 15 is 0 Å². The molecule has 0 bridgehead atoms. The van der Waals surface area contributed by atoms with E-state index in [9.17, 15) is 22.8 Å². The van der Waals surface area contributed by atoms with Crippen LogP contribution < -0.4 is 5.32 Å². The predicted molar refractivity (Wildman–Crippen MR) is 143 cm³/mol. The van der Waals surface area contributed by atoms with Gasteiger partial charge in [0.2, 0.25) is 5.91 Å². The summed E-state index contributed by atoms with van der Waals surface area (Å²) in [6, 6.07) is 15.4. The van der Waals surface area contributed by atoms with Crippen molar-refractivity contribution in [3.63, 3.8) is 0 Å². The number of benzene rings is 2. The first-order chi connectivity index (χ1) is 18.8. The molecule has 1 saturated heterocycles. The lowest BCUT2D eigenvalue weighted by atomic mass is 9.97. The summed E-state index contributed by atoms with van der Waals surface area (Å²) in [6.07, 6.45) is -0.355. The van der Waals surface area contributed by atoms with E-state index < -0.39 is 17.6 Å². The fourth-order valence-electron chi connectivity index (χ4n) is 4.69. The first-order valence-electron chi connectivity index (χ1n) is 12.6. The minimum absolute atomic E-state index is 0.100. The van der Waals surface area contributed by atoms with Crippen LogP contribution in [0.1, 0.15) is 52.0 Å². The van der Waals surface area contributed by atoms with Crippen LogP contribution in [0.2, 0.25) is 0 Å². The smallest absolute Gasteiger partial charge is 0.416 e. The molecule has 1 aliphatic heterocycles. The van der Waals surface area contributed by atoms with Gasteiger partial charge in [0.1, 0.15) is 11.5 Å². The molecule has 2 aromatic heterocycles. The molecule has 5 rings (SSSR count). The highest BCUT2D eigenvalue weighted by molar-refractivity contribution is 7.10. The number of amides is 2. The number of hydrogen-bond acceptors (Lipinski definition) is 5. The molecule has 2 aromatic carbocycles. The molecule has 0 aliphatic carbocycles. The van der Waals surface area contributed by atoms with E-state index in [1.54, 1.807) is 42.0 Å². The molecule has 6 nitrogen and oxygen atoms in total. The third-order valence-electron chi connectivity index (χ3n) is 6.79. The molecule has 0 spiro atoms. The molecule has 0 saturated carbocycles. The Kier molecular flexibility index (Phi) is 7.83. The van der Waals surface area contributed by atoms with Crippen molar-refractivity contribution in [2.45, 2.75) is 37.8 Å². The minimum atomic E-state index is -4.46. The number of halogens is 3. The van der Waals surface area contributed by atoms with Gasteiger partial charge in [0.15, 0.2) is 0 Å². The Balaban J connectivity index is 1.20. The summed E-state index contributed by atoms with van der Waals surface area (Å²) in [7, 11) is 0. The van der Waals surface area contributed by atoms with Crippen molar-refractivity contribution in [3.8, 4) is 11.1 Å². The Morgan fingerprint density at radius 1 is 1.05 bits per heavy atom. The van der Waals surface area contributed by atoms with Crippen LogP contribution in [0.15, 0.2) is 76.7 Å². The Bertz CT molecular complexity index is 1440. The van der Waals surface area contributed by atoms with Gasteiger partial charge in [0.05, 0.1) is 16.8 Å². The first-order valence-corrected chi connectivity index (χ1v) is 13.5. The number of likely N-dealkylation sites (tertiary alicyclic amines) is 1. The number of para-hydroxylation sites is 1. The maximum absolute atomic E-state index is 13.2. The molecule has 10 heteroatoms. The number of rotatable bonds is 7. The van der Waals surface area contributed by atoms with Crippen LogP contribution in [0.3, 0.4) is 0 Å². The van der Waals surface area contributed by atoms with Crippen LogP contribution in [0.25, 0.3) is 11.1 Å². The number of anilines is 1. The number of aromatic nitrogens is 1. The summed E-state index contributed by atoms with van der Waals surface area (Å²) in [5.74, 6) is 0.623. The van der Waals surface area contributed by atoms with E-state index in [1.807, 2.05) is 17.0 Å². The van der Waals surface area contributed by atoms with Crippen molar-refractivity contribution in [2.75, 3.05) is 18.4 Å². The summed E-state index contributed by atoms with van der Waals surface area (Å²) < 4.78 is 45.0. The van der Waals surface area contributed by atoms with Crippen LogP contribution >= 0.6 is 11.3 Å². The first kappa shape index (κ1) is 26.7. The monoisotopic (exact) mass is 553 g/mol. The molecule has 3 heterocycles. The van der Waals surface area contributed by atoms with Gasteiger partial charge in [-0.05, 0) is 48.7 Å². The number of piperidine rings is 1. The van der Waals surface area contributed by atoms with Crippen molar-refractivity contribution in [1.29, 1.82) is 0 Å². The highest BCUT2D eigenvalue weighted by Crippen LogP contribution is 2.35. The number of carbonyl (C=O) groups excluding carboxylic acids is 2. The summed E-state index contributed by atoms with van der Waals surface area (Å²) in [5, 5.41) is 5.35. The second-order valence-electron chi connectivity index (χ2n) is 9.38. The zero-order valence-corrected chi connectivity index (χ0v) is 21.7. The second-order valence-corrected chi connectivity index (χ2v) is 10.3. The Morgan fingerprint density at radius 2 is 1.85 bits per heavy atom. The van der Waals surface area contributed by atoms with Crippen LogP contribution in [-0.4, -0.2) is 34.8 Å². The van der Waals surface area contributed by atoms with Crippen molar-refractivity contribution >= 4 is 28.8 Å². The number of nitrogens with one attached hydrogen (secondary N) is 1. The molecule has 0 radical (unpaired) electrons. The van der Waals surface area contributed by atoms with Gasteiger partial charge in [-0.3, -0.25) is 9.59 Å². The average molecular weight is 554 g/mol. The minimum Gasteiger partial charge on any atom is -0.469 e. The highest BCUT2D eigenvalue weighted by Gasteiger charge is 2.31. The number of furan rings is 1. The third-order valence-corrected chi connectivity index (χ3v) is 7.80. The molecular weight excluding hydrogens is 527 g/mol. The standard InChI is InChI=1S/C29H26F3N3O3S/c30-29(31,32)21-6-3-5-20(17-21)23-8-1-2-9-24(23)33-27(37)25-18-39-28(34-25)19-12-14-35(15-13-19)26(36)11-10-22-7-4-16-38-22/h1-9,16-19H,10-15H2,(H,33,37). The maximum atomic E-state index is 13.2. The van der Waals surface area contributed by atoms with Gasteiger partial charge in [-0.1, -0.05) is 30.3 Å². The summed E-state index contributed by atoms with van der Waals surface area (Å²) >= 11 is 1.41. The second kappa shape index (κ2) is 11.4. The molecule has 39 heavy (non-hydrogen) atoms. The predicted octanol–water partition coefficient (Wildman–Crippen LogP) is 7.01. The van der Waals surface area contributed by atoms with E-state index in [0.29, 0.717) is 42.7 Å². The lowest BCUT2D eigenvalue weighted by Gasteiger charge is -2.31. The van der Waals surface area contributed by atoms with Crippen molar-refractivity contribution in [1.82, 2.24) is 9.88 Å². The van der Waals surface area contributed by atoms with Crippen molar-refractivity contribution in [2.24, 2.45) is 0 Å². The van der Waals surface area contributed by atoms with E-state index in [0.717, 1.165) is 35.7 Å². The fraction of sp³-hybridized carbons (Fsp3) is 0.276. The van der Waals surface area contributed by atoms with Gasteiger partial charge in [-0.25, -0.2) is 4.98 Å².